The van der Waals surface area contributed by atoms with E-state index in [1.807, 2.05) is 0 Å². The van der Waals surface area contributed by atoms with Crippen molar-refractivity contribution in [3.8, 4) is 0 Å². The zero-order valence-electron chi connectivity index (χ0n) is 10.8. The molecule has 0 heterocycles. The summed E-state index contributed by atoms with van der Waals surface area (Å²) in [7, 11) is 0. The molecule has 0 heteroatoms. The van der Waals surface area contributed by atoms with Gasteiger partial charge in [-0.3, -0.25) is 0 Å². The van der Waals surface area contributed by atoms with Crippen LogP contribution in [0.2, 0.25) is 0 Å². The number of hydrogen-bond acceptors (Lipinski definition) is 0. The van der Waals surface area contributed by atoms with E-state index in [-0.39, 0.29) is 0 Å². The van der Waals surface area contributed by atoms with E-state index in [9.17, 15) is 0 Å². The van der Waals surface area contributed by atoms with E-state index in [4.69, 9.17) is 0 Å². The molecule has 0 saturated heterocycles. The highest BCUT2D eigenvalue weighted by molar-refractivity contribution is 5.42. The minimum atomic E-state index is 0.325. The smallest absolute Gasteiger partial charge is 0.0164 e. The first-order valence-electron chi connectivity index (χ1n) is 5.63. The predicted molar refractivity (Wildman–Crippen MR) is 64.3 cm³/mol. The minimum absolute atomic E-state index is 0.325. The summed E-state index contributed by atoms with van der Waals surface area (Å²) in [6.45, 7) is 16.2. The standard InChI is InChI=1S/C14H24/c1-9-8-10(2)13(14(5,6)7)12(4)11(9)3/h10H,8H2,1-7H3. The zero-order chi connectivity index (χ0) is 11.1. The van der Waals surface area contributed by atoms with Gasteiger partial charge in [0.2, 0.25) is 0 Å². The molecule has 0 aliphatic heterocycles. The van der Waals surface area contributed by atoms with E-state index in [1.54, 1.807) is 11.1 Å². The lowest BCUT2D eigenvalue weighted by molar-refractivity contribution is 0.421. The molecule has 0 fully saturated rings. The molecule has 0 spiro atoms. The lowest BCUT2D eigenvalue weighted by atomic mass is 9.70. The van der Waals surface area contributed by atoms with Gasteiger partial charge in [0, 0.05) is 0 Å². The van der Waals surface area contributed by atoms with Gasteiger partial charge in [-0.05, 0) is 49.7 Å². The van der Waals surface area contributed by atoms with Crippen molar-refractivity contribution in [1.29, 1.82) is 0 Å². The average Bonchev–Trinajstić information content (AvgIpc) is 1.97. The van der Waals surface area contributed by atoms with E-state index in [0.29, 0.717) is 5.41 Å². The lowest BCUT2D eigenvalue weighted by Gasteiger charge is -2.35. The van der Waals surface area contributed by atoms with Crippen LogP contribution in [0.1, 0.15) is 54.9 Å². The first-order chi connectivity index (χ1) is 6.25. The summed E-state index contributed by atoms with van der Waals surface area (Å²) in [5, 5.41) is 0. The van der Waals surface area contributed by atoms with E-state index in [2.05, 4.69) is 48.5 Å². The summed E-state index contributed by atoms with van der Waals surface area (Å²) in [5.41, 5.74) is 6.61. The molecule has 0 N–H and O–H groups in total. The molecule has 0 radical (unpaired) electrons. The highest BCUT2D eigenvalue weighted by atomic mass is 14.3. The summed E-state index contributed by atoms with van der Waals surface area (Å²) < 4.78 is 0. The van der Waals surface area contributed by atoms with Gasteiger partial charge in [0.15, 0.2) is 0 Å². The maximum atomic E-state index is 2.36. The Hall–Kier alpha value is -0.520. The van der Waals surface area contributed by atoms with E-state index >= 15 is 0 Å². The first-order valence-corrected chi connectivity index (χ1v) is 5.63. The van der Waals surface area contributed by atoms with Crippen LogP contribution in [-0.4, -0.2) is 0 Å². The number of allylic oxidation sites excluding steroid dienone is 4. The Bertz CT molecular complexity index is 294. The van der Waals surface area contributed by atoms with Crippen LogP contribution in [0.25, 0.3) is 0 Å². The molecule has 0 aromatic rings. The maximum Gasteiger partial charge on any atom is -0.0164 e. The third kappa shape index (κ3) is 1.94. The van der Waals surface area contributed by atoms with E-state index in [0.717, 1.165) is 5.92 Å². The largest absolute Gasteiger partial charge is 0.0696 e. The van der Waals surface area contributed by atoms with Gasteiger partial charge in [0.1, 0.15) is 0 Å². The summed E-state index contributed by atoms with van der Waals surface area (Å²) >= 11 is 0. The Morgan fingerprint density at radius 1 is 1.00 bits per heavy atom. The van der Waals surface area contributed by atoms with Gasteiger partial charge >= 0.3 is 0 Å². The number of rotatable bonds is 0. The third-order valence-electron chi connectivity index (χ3n) is 3.52. The Morgan fingerprint density at radius 3 is 1.93 bits per heavy atom. The Balaban J connectivity index is 3.26. The van der Waals surface area contributed by atoms with Crippen molar-refractivity contribution in [2.24, 2.45) is 11.3 Å². The van der Waals surface area contributed by atoms with Crippen LogP contribution in [0.15, 0.2) is 22.3 Å². The SMILES string of the molecule is CC1=C(C)C(C)=C(C(C)(C)C)C(C)C1. The van der Waals surface area contributed by atoms with Crippen molar-refractivity contribution in [1.82, 2.24) is 0 Å². The molecule has 0 amide bonds. The van der Waals surface area contributed by atoms with Crippen LogP contribution in [-0.2, 0) is 0 Å². The van der Waals surface area contributed by atoms with E-state index < -0.39 is 0 Å². The molecular weight excluding hydrogens is 168 g/mol. The van der Waals surface area contributed by atoms with Crippen LogP contribution >= 0.6 is 0 Å². The first kappa shape index (κ1) is 11.6. The van der Waals surface area contributed by atoms with Crippen molar-refractivity contribution in [2.45, 2.75) is 54.9 Å². The molecule has 0 bridgehead atoms. The fourth-order valence-electron chi connectivity index (χ4n) is 2.91. The zero-order valence-corrected chi connectivity index (χ0v) is 10.8. The van der Waals surface area contributed by atoms with Crippen molar-refractivity contribution < 1.29 is 0 Å². The number of hydrogen-bond donors (Lipinski definition) is 0. The van der Waals surface area contributed by atoms with Crippen LogP contribution in [0.4, 0.5) is 0 Å². The molecule has 14 heavy (non-hydrogen) atoms. The Kier molecular flexibility index (Phi) is 2.94. The van der Waals surface area contributed by atoms with Gasteiger partial charge in [-0.2, -0.15) is 0 Å². The van der Waals surface area contributed by atoms with Crippen LogP contribution < -0.4 is 0 Å². The summed E-state index contributed by atoms with van der Waals surface area (Å²) in [5.74, 6) is 0.721. The molecule has 1 atom stereocenters. The van der Waals surface area contributed by atoms with Crippen molar-refractivity contribution in [3.63, 3.8) is 0 Å². The summed E-state index contributed by atoms with van der Waals surface area (Å²) in [4.78, 5) is 0. The van der Waals surface area contributed by atoms with E-state index in [1.165, 1.54) is 17.6 Å². The van der Waals surface area contributed by atoms with Gasteiger partial charge < -0.3 is 0 Å². The molecule has 1 unspecified atom stereocenters. The van der Waals surface area contributed by atoms with Gasteiger partial charge in [-0.15, -0.1) is 0 Å². The highest BCUT2D eigenvalue weighted by Gasteiger charge is 2.28. The minimum Gasteiger partial charge on any atom is -0.0696 e. The molecule has 80 valence electrons. The monoisotopic (exact) mass is 192 g/mol. The molecule has 1 rings (SSSR count). The van der Waals surface area contributed by atoms with Crippen LogP contribution in [0.3, 0.4) is 0 Å². The Morgan fingerprint density at radius 2 is 1.50 bits per heavy atom. The van der Waals surface area contributed by atoms with Gasteiger partial charge in [-0.1, -0.05) is 38.8 Å². The molecule has 0 nitrogen and oxygen atoms in total. The van der Waals surface area contributed by atoms with Gasteiger partial charge in [-0.25, -0.2) is 0 Å². The molecule has 0 aromatic heterocycles. The Labute approximate surface area is 89.1 Å². The maximum absolute atomic E-state index is 2.36. The van der Waals surface area contributed by atoms with Gasteiger partial charge in [0.25, 0.3) is 0 Å². The predicted octanol–water partition coefficient (Wildman–Crippen LogP) is 4.73. The quantitative estimate of drug-likeness (QED) is 0.520. The molecule has 0 saturated carbocycles. The fraction of sp³-hybridized carbons (Fsp3) is 0.714. The average molecular weight is 192 g/mol. The normalized spacial score (nSPS) is 24.6. The third-order valence-corrected chi connectivity index (χ3v) is 3.52. The molecular formula is C14H24. The fourth-order valence-corrected chi connectivity index (χ4v) is 2.91. The second kappa shape index (κ2) is 3.56. The van der Waals surface area contributed by atoms with Crippen LogP contribution in [0, 0.1) is 11.3 Å². The molecule has 0 aromatic carbocycles. The highest BCUT2D eigenvalue weighted by Crippen LogP contribution is 2.42. The second-order valence-electron chi connectivity index (χ2n) is 5.80. The molecule has 1 aliphatic carbocycles. The van der Waals surface area contributed by atoms with Crippen molar-refractivity contribution in [3.05, 3.63) is 22.3 Å². The summed E-state index contributed by atoms with van der Waals surface area (Å²) in [6, 6.07) is 0. The van der Waals surface area contributed by atoms with Crippen molar-refractivity contribution >= 4 is 0 Å². The topological polar surface area (TPSA) is 0 Å². The van der Waals surface area contributed by atoms with Crippen molar-refractivity contribution in [2.75, 3.05) is 0 Å². The lowest BCUT2D eigenvalue weighted by Crippen LogP contribution is -2.21. The van der Waals surface area contributed by atoms with Crippen LogP contribution in [0.5, 0.6) is 0 Å². The summed E-state index contributed by atoms with van der Waals surface area (Å²) in [6.07, 6.45) is 1.25. The second-order valence-corrected chi connectivity index (χ2v) is 5.80. The van der Waals surface area contributed by atoms with Gasteiger partial charge in [0.05, 0.1) is 0 Å². The molecule has 1 aliphatic rings.